The molecule has 0 saturated carbocycles. The van der Waals surface area contributed by atoms with Crippen molar-refractivity contribution in [1.29, 1.82) is 0 Å². The molecule has 0 radical (unpaired) electrons. The molecule has 0 fully saturated rings. The van der Waals surface area contributed by atoms with Crippen molar-refractivity contribution in [3.05, 3.63) is 24.3 Å². The van der Waals surface area contributed by atoms with Crippen molar-refractivity contribution >= 4 is 16.5 Å². The highest BCUT2D eigenvalue weighted by molar-refractivity contribution is 7.85. The zero-order valence-electron chi connectivity index (χ0n) is 8.32. The zero-order valence-corrected chi connectivity index (χ0v) is 9.14. The summed E-state index contributed by atoms with van der Waals surface area (Å²) in [6, 6.07) is 7.19. The summed E-state index contributed by atoms with van der Waals surface area (Å²) in [5.41, 5.74) is 6.24. The van der Waals surface area contributed by atoms with Crippen molar-refractivity contribution in [2.24, 2.45) is 0 Å². The van der Waals surface area contributed by atoms with Gasteiger partial charge in [0.05, 0.1) is 10.8 Å². The summed E-state index contributed by atoms with van der Waals surface area (Å²) in [7, 11) is -0.911. The Balaban J connectivity index is 2.48. The van der Waals surface area contributed by atoms with Crippen LogP contribution >= 0.6 is 0 Å². The summed E-state index contributed by atoms with van der Waals surface area (Å²) in [6.07, 6.45) is 0. The first kappa shape index (κ1) is 11.2. The Kier molecular flexibility index (Phi) is 4.62. The molecule has 1 rings (SSSR count). The second-order valence-corrected chi connectivity index (χ2v) is 4.54. The fourth-order valence-corrected chi connectivity index (χ4v) is 2.08. The highest BCUT2D eigenvalue weighted by atomic mass is 32.2. The van der Waals surface area contributed by atoms with Gasteiger partial charge < -0.3 is 11.1 Å². The number of benzene rings is 1. The van der Waals surface area contributed by atoms with Crippen molar-refractivity contribution in [1.82, 2.24) is 5.32 Å². The molecule has 4 heteroatoms. The molecule has 0 amide bonds. The van der Waals surface area contributed by atoms with Crippen LogP contribution in [0.2, 0.25) is 0 Å². The van der Waals surface area contributed by atoms with Crippen LogP contribution in [0.1, 0.15) is 6.92 Å². The zero-order chi connectivity index (χ0) is 10.4. The average molecular weight is 212 g/mol. The van der Waals surface area contributed by atoms with Crippen LogP contribution in [0.4, 0.5) is 5.69 Å². The third kappa shape index (κ3) is 3.47. The van der Waals surface area contributed by atoms with Gasteiger partial charge in [0.2, 0.25) is 0 Å². The predicted octanol–water partition coefficient (Wildman–Crippen LogP) is 0.986. The molecule has 3 nitrogen and oxygen atoms in total. The van der Waals surface area contributed by atoms with E-state index in [1.165, 1.54) is 0 Å². The van der Waals surface area contributed by atoms with Crippen molar-refractivity contribution in [2.45, 2.75) is 11.8 Å². The van der Waals surface area contributed by atoms with Crippen molar-refractivity contribution < 1.29 is 4.21 Å². The number of rotatable bonds is 5. The molecule has 0 aliphatic carbocycles. The summed E-state index contributed by atoms with van der Waals surface area (Å²) in [5, 5.41) is 3.14. The molecule has 0 aromatic heterocycles. The molecule has 0 saturated heterocycles. The van der Waals surface area contributed by atoms with Crippen LogP contribution in [0.25, 0.3) is 0 Å². The van der Waals surface area contributed by atoms with Crippen molar-refractivity contribution in [3.8, 4) is 0 Å². The van der Waals surface area contributed by atoms with Gasteiger partial charge in [0.25, 0.3) is 0 Å². The van der Waals surface area contributed by atoms with E-state index in [4.69, 9.17) is 5.73 Å². The molecular formula is C10H16N2OS. The van der Waals surface area contributed by atoms with E-state index in [2.05, 4.69) is 5.32 Å². The molecule has 3 N–H and O–H groups in total. The van der Waals surface area contributed by atoms with Gasteiger partial charge in [0.15, 0.2) is 0 Å². The lowest BCUT2D eigenvalue weighted by Gasteiger charge is -2.03. The van der Waals surface area contributed by atoms with E-state index in [0.29, 0.717) is 11.4 Å². The molecule has 0 spiro atoms. The Bertz CT molecular complexity index is 297. The van der Waals surface area contributed by atoms with Crippen LogP contribution in [0.15, 0.2) is 29.2 Å². The van der Waals surface area contributed by atoms with E-state index in [0.717, 1.165) is 18.0 Å². The number of hydrogen-bond acceptors (Lipinski definition) is 3. The van der Waals surface area contributed by atoms with Gasteiger partial charge in [-0.25, -0.2) is 0 Å². The van der Waals surface area contributed by atoms with Gasteiger partial charge in [-0.15, -0.1) is 0 Å². The van der Waals surface area contributed by atoms with Crippen LogP contribution in [0.5, 0.6) is 0 Å². The highest BCUT2D eigenvalue weighted by Gasteiger charge is 2.01. The van der Waals surface area contributed by atoms with Crippen LogP contribution in [-0.2, 0) is 10.8 Å². The standard InChI is InChI=1S/C10H16N2OS/c1-2-12-7-8-14(13)10-5-3-9(11)4-6-10/h3-6,12H,2,7-8,11H2,1H3. The minimum absolute atomic E-state index is 0.651. The van der Waals surface area contributed by atoms with Gasteiger partial charge in [-0.05, 0) is 30.8 Å². The molecule has 0 bridgehead atoms. The minimum Gasteiger partial charge on any atom is -0.399 e. The second kappa shape index (κ2) is 5.78. The molecule has 78 valence electrons. The highest BCUT2D eigenvalue weighted by Crippen LogP contribution is 2.09. The molecule has 0 aliphatic rings. The summed E-state index contributed by atoms with van der Waals surface area (Å²) < 4.78 is 11.7. The first-order valence-corrected chi connectivity index (χ1v) is 6.00. The van der Waals surface area contributed by atoms with Gasteiger partial charge in [-0.3, -0.25) is 4.21 Å². The van der Waals surface area contributed by atoms with Gasteiger partial charge in [0, 0.05) is 22.9 Å². The SMILES string of the molecule is CCNCCS(=O)c1ccc(N)cc1. The Hall–Kier alpha value is -0.870. The third-order valence-electron chi connectivity index (χ3n) is 1.86. The number of nitrogen functional groups attached to an aromatic ring is 1. The maximum Gasteiger partial charge on any atom is 0.0542 e. The van der Waals surface area contributed by atoms with Crippen LogP contribution < -0.4 is 11.1 Å². The van der Waals surface area contributed by atoms with Crippen LogP contribution in [-0.4, -0.2) is 23.1 Å². The van der Waals surface area contributed by atoms with Gasteiger partial charge in [0.1, 0.15) is 0 Å². The number of anilines is 1. The lowest BCUT2D eigenvalue weighted by atomic mass is 10.3. The molecule has 14 heavy (non-hydrogen) atoms. The fraction of sp³-hybridized carbons (Fsp3) is 0.400. The maximum absolute atomic E-state index is 11.7. The normalized spacial score (nSPS) is 12.6. The topological polar surface area (TPSA) is 55.1 Å². The Morgan fingerprint density at radius 1 is 1.36 bits per heavy atom. The van der Waals surface area contributed by atoms with Crippen molar-refractivity contribution in [3.63, 3.8) is 0 Å². The third-order valence-corrected chi connectivity index (χ3v) is 3.23. The predicted molar refractivity (Wildman–Crippen MR) is 60.7 cm³/mol. The molecule has 1 aromatic rings. The Labute approximate surface area is 87.2 Å². The lowest BCUT2D eigenvalue weighted by Crippen LogP contribution is -2.19. The lowest BCUT2D eigenvalue weighted by molar-refractivity contribution is 0.677. The second-order valence-electron chi connectivity index (χ2n) is 2.97. The smallest absolute Gasteiger partial charge is 0.0542 e. The Morgan fingerprint density at radius 2 is 2.00 bits per heavy atom. The van der Waals surface area contributed by atoms with E-state index < -0.39 is 10.8 Å². The monoisotopic (exact) mass is 212 g/mol. The van der Waals surface area contributed by atoms with Gasteiger partial charge in [-0.1, -0.05) is 6.92 Å². The molecule has 1 aromatic carbocycles. The maximum atomic E-state index is 11.7. The molecule has 1 unspecified atom stereocenters. The summed E-state index contributed by atoms with van der Waals surface area (Å²) >= 11 is 0. The summed E-state index contributed by atoms with van der Waals surface area (Å²) in [4.78, 5) is 0.845. The number of nitrogens with two attached hydrogens (primary N) is 1. The molecular weight excluding hydrogens is 196 g/mol. The first-order chi connectivity index (χ1) is 6.74. The van der Waals surface area contributed by atoms with E-state index >= 15 is 0 Å². The van der Waals surface area contributed by atoms with Gasteiger partial charge >= 0.3 is 0 Å². The first-order valence-electron chi connectivity index (χ1n) is 4.68. The van der Waals surface area contributed by atoms with Gasteiger partial charge in [-0.2, -0.15) is 0 Å². The summed E-state index contributed by atoms with van der Waals surface area (Å²) in [6.45, 7) is 3.73. The fourth-order valence-electron chi connectivity index (χ4n) is 1.08. The average Bonchev–Trinajstić information content (AvgIpc) is 2.19. The van der Waals surface area contributed by atoms with E-state index in [-0.39, 0.29) is 0 Å². The molecule has 0 aliphatic heterocycles. The molecule has 0 heterocycles. The number of nitrogens with one attached hydrogen (secondary N) is 1. The summed E-state index contributed by atoms with van der Waals surface area (Å²) in [5.74, 6) is 0.651. The van der Waals surface area contributed by atoms with E-state index in [1.54, 1.807) is 12.1 Å². The quantitative estimate of drug-likeness (QED) is 0.565. The van der Waals surface area contributed by atoms with E-state index in [1.807, 2.05) is 19.1 Å². The largest absolute Gasteiger partial charge is 0.399 e. The minimum atomic E-state index is -0.911. The number of hydrogen-bond donors (Lipinski definition) is 2. The Morgan fingerprint density at radius 3 is 2.57 bits per heavy atom. The van der Waals surface area contributed by atoms with E-state index in [9.17, 15) is 4.21 Å². The van der Waals surface area contributed by atoms with Crippen molar-refractivity contribution in [2.75, 3.05) is 24.6 Å². The van der Waals surface area contributed by atoms with Crippen LogP contribution in [0.3, 0.4) is 0 Å². The molecule has 1 atom stereocenters. The van der Waals surface area contributed by atoms with Crippen LogP contribution in [0, 0.1) is 0 Å².